The first-order chi connectivity index (χ1) is 15.4. The molecule has 4 aromatic rings. The van der Waals surface area contributed by atoms with Gasteiger partial charge >= 0.3 is 5.69 Å². The van der Waals surface area contributed by atoms with Crippen LogP contribution < -0.4 is 16.1 Å². The average Bonchev–Trinajstić information content (AvgIpc) is 3.16. The van der Waals surface area contributed by atoms with Crippen molar-refractivity contribution in [2.75, 3.05) is 11.4 Å². The molecule has 164 valence electrons. The van der Waals surface area contributed by atoms with Crippen molar-refractivity contribution in [2.45, 2.75) is 33.5 Å². The van der Waals surface area contributed by atoms with Crippen LogP contribution in [0.5, 0.6) is 0 Å². The van der Waals surface area contributed by atoms with Crippen molar-refractivity contribution in [3.63, 3.8) is 0 Å². The van der Waals surface area contributed by atoms with E-state index in [0.29, 0.717) is 30.2 Å². The van der Waals surface area contributed by atoms with E-state index >= 15 is 0 Å². The van der Waals surface area contributed by atoms with E-state index in [1.165, 1.54) is 14.7 Å². The summed E-state index contributed by atoms with van der Waals surface area (Å²) in [6, 6.07) is 18.1. The molecule has 32 heavy (non-hydrogen) atoms. The first kappa shape index (κ1) is 20.3. The molecule has 0 saturated carbocycles. The summed E-state index contributed by atoms with van der Waals surface area (Å²) in [5.41, 5.74) is 3.54. The van der Waals surface area contributed by atoms with Gasteiger partial charge in [-0.25, -0.2) is 4.79 Å². The molecule has 7 nitrogen and oxygen atoms in total. The van der Waals surface area contributed by atoms with Crippen molar-refractivity contribution >= 4 is 17.1 Å². The highest BCUT2D eigenvalue weighted by Gasteiger charge is 2.29. The van der Waals surface area contributed by atoms with Gasteiger partial charge in [0.25, 0.3) is 5.56 Å². The van der Waals surface area contributed by atoms with E-state index in [0.717, 1.165) is 23.6 Å². The van der Waals surface area contributed by atoms with Crippen LogP contribution in [0.25, 0.3) is 11.2 Å². The fourth-order valence-electron chi connectivity index (χ4n) is 4.67. The molecule has 3 heterocycles. The molecule has 0 bridgehead atoms. The highest BCUT2D eigenvalue weighted by Crippen LogP contribution is 2.28. The third-order valence-corrected chi connectivity index (χ3v) is 6.16. The minimum atomic E-state index is -0.345. The second-order valence-electron chi connectivity index (χ2n) is 8.89. The smallest absolute Gasteiger partial charge is 0.332 e. The molecule has 1 aliphatic rings. The van der Waals surface area contributed by atoms with Crippen LogP contribution in [-0.4, -0.2) is 25.2 Å². The lowest BCUT2D eigenvalue weighted by Crippen LogP contribution is -2.41. The minimum absolute atomic E-state index is 0.243. The Hall–Kier alpha value is -3.61. The van der Waals surface area contributed by atoms with Crippen LogP contribution >= 0.6 is 0 Å². The number of aromatic nitrogens is 4. The average molecular weight is 430 g/mol. The van der Waals surface area contributed by atoms with Crippen molar-refractivity contribution in [1.29, 1.82) is 0 Å². The maximum Gasteiger partial charge on any atom is 0.332 e. The molecule has 1 atom stereocenters. The number of hydrogen-bond acceptors (Lipinski definition) is 4. The molecule has 1 aliphatic heterocycles. The van der Waals surface area contributed by atoms with E-state index in [9.17, 15) is 9.59 Å². The van der Waals surface area contributed by atoms with Gasteiger partial charge in [0, 0.05) is 26.7 Å². The molecular weight excluding hydrogens is 402 g/mol. The topological polar surface area (TPSA) is 65.1 Å². The highest BCUT2D eigenvalue weighted by atomic mass is 16.2. The zero-order valence-electron chi connectivity index (χ0n) is 18.7. The Labute approximate surface area is 186 Å². The lowest BCUT2D eigenvalue weighted by molar-refractivity contribution is 0.435. The van der Waals surface area contributed by atoms with E-state index in [2.05, 4.69) is 24.0 Å². The van der Waals surface area contributed by atoms with Gasteiger partial charge < -0.3 is 9.47 Å². The summed E-state index contributed by atoms with van der Waals surface area (Å²) in [4.78, 5) is 33.7. The normalized spacial score (nSPS) is 15.8. The number of imidazole rings is 1. The van der Waals surface area contributed by atoms with E-state index in [1.807, 2.05) is 54.0 Å². The molecule has 1 unspecified atom stereocenters. The molecule has 0 spiro atoms. The molecule has 0 N–H and O–H groups in total. The fourth-order valence-corrected chi connectivity index (χ4v) is 4.67. The van der Waals surface area contributed by atoms with Gasteiger partial charge in [0.15, 0.2) is 11.2 Å². The molecule has 7 heteroatoms. The first-order valence-corrected chi connectivity index (χ1v) is 11.0. The molecule has 0 saturated heterocycles. The summed E-state index contributed by atoms with van der Waals surface area (Å²) < 4.78 is 4.83. The molecule has 5 rings (SSSR count). The number of rotatable bonds is 4. The van der Waals surface area contributed by atoms with Crippen LogP contribution in [0, 0.1) is 12.8 Å². The van der Waals surface area contributed by atoms with Gasteiger partial charge in [-0.3, -0.25) is 13.9 Å². The van der Waals surface area contributed by atoms with Crippen LogP contribution in [0.4, 0.5) is 5.95 Å². The van der Waals surface area contributed by atoms with Gasteiger partial charge in [0.05, 0.1) is 6.54 Å². The van der Waals surface area contributed by atoms with Crippen molar-refractivity contribution < 1.29 is 0 Å². The molecule has 0 aliphatic carbocycles. The van der Waals surface area contributed by atoms with Crippen LogP contribution in [0.15, 0.2) is 64.2 Å². The molecule has 2 aromatic heterocycles. The Bertz CT molecular complexity index is 1410. The van der Waals surface area contributed by atoms with Gasteiger partial charge in [0.2, 0.25) is 5.95 Å². The molecule has 2 aromatic carbocycles. The fraction of sp³-hybridized carbons (Fsp3) is 0.320. The zero-order chi connectivity index (χ0) is 22.4. The summed E-state index contributed by atoms with van der Waals surface area (Å²) in [6.45, 7) is 6.69. The summed E-state index contributed by atoms with van der Waals surface area (Å²) in [6.07, 6.45) is 0. The molecule has 0 radical (unpaired) electrons. The molecular formula is C25H27N5O2. The van der Waals surface area contributed by atoms with Gasteiger partial charge in [0.1, 0.15) is 0 Å². The van der Waals surface area contributed by atoms with E-state index in [1.54, 1.807) is 7.05 Å². The molecule has 0 amide bonds. The number of anilines is 1. The van der Waals surface area contributed by atoms with Crippen LogP contribution in [0.2, 0.25) is 0 Å². The Kier molecular flexibility index (Phi) is 4.96. The summed E-state index contributed by atoms with van der Waals surface area (Å²) >= 11 is 0. The van der Waals surface area contributed by atoms with Crippen LogP contribution in [0.1, 0.15) is 23.6 Å². The number of fused-ring (bicyclic) bond motifs is 3. The van der Waals surface area contributed by atoms with Crippen molar-refractivity contribution in [1.82, 2.24) is 18.7 Å². The van der Waals surface area contributed by atoms with Crippen LogP contribution in [-0.2, 0) is 26.7 Å². The molecule has 0 fully saturated rings. The van der Waals surface area contributed by atoms with Gasteiger partial charge in [-0.05, 0) is 24.0 Å². The monoisotopic (exact) mass is 429 g/mol. The number of nitrogens with zero attached hydrogens (tertiary/aromatic N) is 5. The van der Waals surface area contributed by atoms with Gasteiger partial charge in [-0.15, -0.1) is 0 Å². The maximum atomic E-state index is 13.6. The standard InChI is InChI=1S/C25H27N5O2/c1-17-8-7-11-20(12-17)16-30-23(31)21-22(27(3)25(30)32)26-24-28(13-18(2)14-29(21)24)15-19-9-5-4-6-10-19/h4-12,18H,13-16H2,1-3H3. The van der Waals surface area contributed by atoms with Crippen molar-refractivity contribution in [3.05, 3.63) is 92.1 Å². The van der Waals surface area contributed by atoms with Crippen molar-refractivity contribution in [2.24, 2.45) is 13.0 Å². The number of aryl methyl sites for hydroxylation is 2. The summed E-state index contributed by atoms with van der Waals surface area (Å²) in [7, 11) is 1.70. The van der Waals surface area contributed by atoms with E-state index in [-0.39, 0.29) is 17.8 Å². The number of benzene rings is 2. The number of hydrogen-bond donors (Lipinski definition) is 0. The predicted molar refractivity (Wildman–Crippen MR) is 126 cm³/mol. The minimum Gasteiger partial charge on any atom is -0.338 e. The Morgan fingerprint density at radius 3 is 2.47 bits per heavy atom. The lowest BCUT2D eigenvalue weighted by atomic mass is 10.1. The lowest BCUT2D eigenvalue weighted by Gasteiger charge is -2.33. The quantitative estimate of drug-likeness (QED) is 0.500. The zero-order valence-corrected chi connectivity index (χ0v) is 18.7. The highest BCUT2D eigenvalue weighted by molar-refractivity contribution is 5.75. The van der Waals surface area contributed by atoms with E-state index in [4.69, 9.17) is 4.98 Å². The summed E-state index contributed by atoms with van der Waals surface area (Å²) in [5, 5.41) is 0. The Balaban J connectivity index is 1.66. The predicted octanol–water partition coefficient (Wildman–Crippen LogP) is 2.91. The van der Waals surface area contributed by atoms with E-state index < -0.39 is 0 Å². The largest absolute Gasteiger partial charge is 0.338 e. The second-order valence-corrected chi connectivity index (χ2v) is 8.89. The first-order valence-electron chi connectivity index (χ1n) is 11.0. The third kappa shape index (κ3) is 3.43. The maximum absolute atomic E-state index is 13.6. The van der Waals surface area contributed by atoms with Crippen LogP contribution in [0.3, 0.4) is 0 Å². The summed E-state index contributed by atoms with van der Waals surface area (Å²) in [5.74, 6) is 1.10. The second kappa shape index (κ2) is 7.82. The van der Waals surface area contributed by atoms with Gasteiger partial charge in [-0.1, -0.05) is 67.1 Å². The van der Waals surface area contributed by atoms with Crippen molar-refractivity contribution in [3.8, 4) is 0 Å². The Morgan fingerprint density at radius 1 is 0.969 bits per heavy atom. The third-order valence-electron chi connectivity index (χ3n) is 6.16. The SMILES string of the molecule is Cc1cccc(Cn2c(=O)c3c(nc4n3CC(C)CN4Cc3ccccc3)n(C)c2=O)c1. The van der Waals surface area contributed by atoms with Gasteiger partial charge in [-0.2, -0.15) is 4.98 Å². The Morgan fingerprint density at radius 2 is 1.72 bits per heavy atom.